The predicted octanol–water partition coefficient (Wildman–Crippen LogP) is 2.08. The number of thiazole rings is 1. The maximum Gasteiger partial charge on any atom is 0.193 e. The molecule has 0 aromatic carbocycles. The number of nitrogens with two attached hydrogens (primary N) is 1. The molecule has 0 saturated heterocycles. The Bertz CT molecular complexity index is 423. The lowest BCUT2D eigenvalue weighted by molar-refractivity contribution is 0.127. The summed E-state index contributed by atoms with van der Waals surface area (Å²) >= 11 is 1.65. The molecule has 2 aromatic rings. The van der Waals surface area contributed by atoms with Crippen molar-refractivity contribution in [3.05, 3.63) is 23.5 Å². The second kappa shape index (κ2) is 6.14. The predicted molar refractivity (Wildman–Crippen MR) is 70.5 cm³/mol. The lowest BCUT2D eigenvalue weighted by Gasteiger charge is -2.09. The Labute approximate surface area is 105 Å². The molecule has 0 saturated carbocycles. The van der Waals surface area contributed by atoms with Crippen LogP contribution in [-0.2, 0) is 11.2 Å². The first-order chi connectivity index (χ1) is 8.29. The Hall–Kier alpha value is -0.910. The van der Waals surface area contributed by atoms with Crippen molar-refractivity contribution >= 4 is 16.3 Å². The normalized spacial score (nSPS) is 13.3. The van der Waals surface area contributed by atoms with Crippen LogP contribution in [0.2, 0.25) is 0 Å². The summed E-state index contributed by atoms with van der Waals surface area (Å²) in [4.78, 5) is 5.55. The molecule has 1 unspecified atom stereocenters. The largest absolute Gasteiger partial charge is 0.381 e. The smallest absolute Gasteiger partial charge is 0.193 e. The summed E-state index contributed by atoms with van der Waals surface area (Å²) in [6.07, 6.45) is 6.85. The van der Waals surface area contributed by atoms with E-state index in [0.717, 1.165) is 43.1 Å². The molecule has 94 valence electrons. The molecular weight excluding hydrogens is 234 g/mol. The van der Waals surface area contributed by atoms with Crippen molar-refractivity contribution in [2.45, 2.75) is 32.2 Å². The zero-order chi connectivity index (χ0) is 12.1. The number of imidazole rings is 1. The van der Waals surface area contributed by atoms with Gasteiger partial charge in [0.15, 0.2) is 4.96 Å². The van der Waals surface area contributed by atoms with Gasteiger partial charge < -0.3 is 10.5 Å². The van der Waals surface area contributed by atoms with Crippen LogP contribution in [-0.4, -0.2) is 28.6 Å². The van der Waals surface area contributed by atoms with Gasteiger partial charge in [-0.15, -0.1) is 11.3 Å². The second-order valence-corrected chi connectivity index (χ2v) is 5.06. The highest BCUT2D eigenvalue weighted by atomic mass is 32.1. The summed E-state index contributed by atoms with van der Waals surface area (Å²) in [5.41, 5.74) is 7.12. The molecule has 0 aliphatic heterocycles. The van der Waals surface area contributed by atoms with Crippen LogP contribution < -0.4 is 5.73 Å². The minimum absolute atomic E-state index is 0.136. The van der Waals surface area contributed by atoms with Crippen molar-refractivity contribution in [1.82, 2.24) is 9.38 Å². The fraction of sp³-hybridized carbons (Fsp3) is 0.583. The molecule has 2 N–H and O–H groups in total. The van der Waals surface area contributed by atoms with Crippen molar-refractivity contribution in [2.75, 3.05) is 13.2 Å². The minimum atomic E-state index is 0.136. The number of hydrogen-bond donors (Lipinski definition) is 1. The molecule has 0 bridgehead atoms. The van der Waals surface area contributed by atoms with Gasteiger partial charge in [-0.3, -0.25) is 4.40 Å². The molecule has 0 fully saturated rings. The fourth-order valence-electron chi connectivity index (χ4n) is 1.73. The first kappa shape index (κ1) is 12.5. The van der Waals surface area contributed by atoms with Gasteiger partial charge in [0.1, 0.15) is 0 Å². The van der Waals surface area contributed by atoms with Crippen LogP contribution in [0.25, 0.3) is 4.96 Å². The van der Waals surface area contributed by atoms with Gasteiger partial charge in [0.05, 0.1) is 5.69 Å². The molecular formula is C12H19N3OS. The number of aromatic nitrogens is 2. The summed E-state index contributed by atoms with van der Waals surface area (Å²) in [6, 6.07) is 0.136. The van der Waals surface area contributed by atoms with E-state index in [-0.39, 0.29) is 6.04 Å². The quantitative estimate of drug-likeness (QED) is 0.769. The van der Waals surface area contributed by atoms with Crippen molar-refractivity contribution in [1.29, 1.82) is 0 Å². The molecule has 17 heavy (non-hydrogen) atoms. The van der Waals surface area contributed by atoms with Gasteiger partial charge in [-0.2, -0.15) is 0 Å². The van der Waals surface area contributed by atoms with Gasteiger partial charge in [-0.05, 0) is 12.8 Å². The van der Waals surface area contributed by atoms with Gasteiger partial charge >= 0.3 is 0 Å². The van der Waals surface area contributed by atoms with Crippen molar-refractivity contribution in [3.63, 3.8) is 0 Å². The summed E-state index contributed by atoms with van der Waals surface area (Å²) in [5, 5.41) is 2.03. The van der Waals surface area contributed by atoms with Crippen LogP contribution in [0.5, 0.6) is 0 Å². The molecule has 2 aromatic heterocycles. The average Bonchev–Trinajstić information content (AvgIpc) is 2.84. The van der Waals surface area contributed by atoms with Gasteiger partial charge in [-0.1, -0.05) is 6.92 Å². The third-order valence-electron chi connectivity index (χ3n) is 2.60. The van der Waals surface area contributed by atoms with Crippen LogP contribution in [0.15, 0.2) is 17.8 Å². The van der Waals surface area contributed by atoms with Crippen molar-refractivity contribution in [3.8, 4) is 0 Å². The summed E-state index contributed by atoms with van der Waals surface area (Å²) in [5.74, 6) is 0. The van der Waals surface area contributed by atoms with E-state index in [1.54, 1.807) is 11.3 Å². The van der Waals surface area contributed by atoms with Gasteiger partial charge in [0, 0.05) is 43.5 Å². The Balaban J connectivity index is 1.78. The number of hydrogen-bond acceptors (Lipinski definition) is 4. The van der Waals surface area contributed by atoms with Crippen LogP contribution in [0.1, 0.15) is 25.5 Å². The maximum absolute atomic E-state index is 6.05. The number of rotatable bonds is 7. The lowest BCUT2D eigenvalue weighted by atomic mass is 10.1. The first-order valence-corrected chi connectivity index (χ1v) is 6.92. The zero-order valence-corrected chi connectivity index (χ0v) is 10.9. The lowest BCUT2D eigenvalue weighted by Crippen LogP contribution is -2.24. The van der Waals surface area contributed by atoms with E-state index in [9.17, 15) is 0 Å². The summed E-state index contributed by atoms with van der Waals surface area (Å²) < 4.78 is 7.47. The molecule has 0 spiro atoms. The summed E-state index contributed by atoms with van der Waals surface area (Å²) in [7, 11) is 0. The maximum atomic E-state index is 6.05. The molecule has 0 amide bonds. The van der Waals surface area contributed by atoms with E-state index in [2.05, 4.69) is 18.1 Å². The molecule has 0 aliphatic rings. The van der Waals surface area contributed by atoms with E-state index in [4.69, 9.17) is 10.5 Å². The average molecular weight is 253 g/mol. The Morgan fingerprint density at radius 1 is 1.53 bits per heavy atom. The van der Waals surface area contributed by atoms with E-state index >= 15 is 0 Å². The Morgan fingerprint density at radius 3 is 3.18 bits per heavy atom. The van der Waals surface area contributed by atoms with E-state index in [1.807, 2.05) is 16.0 Å². The third-order valence-corrected chi connectivity index (χ3v) is 3.37. The van der Waals surface area contributed by atoms with Crippen LogP contribution in [0.4, 0.5) is 0 Å². The monoisotopic (exact) mass is 253 g/mol. The highest BCUT2D eigenvalue weighted by molar-refractivity contribution is 7.15. The minimum Gasteiger partial charge on any atom is -0.381 e. The molecule has 5 heteroatoms. The van der Waals surface area contributed by atoms with Gasteiger partial charge in [-0.25, -0.2) is 4.98 Å². The fourth-order valence-corrected chi connectivity index (χ4v) is 2.45. The SMILES string of the molecule is CCCOCCC(N)Cc1cn2ccsc2n1. The van der Waals surface area contributed by atoms with Crippen molar-refractivity contribution in [2.24, 2.45) is 5.73 Å². The molecule has 0 aliphatic carbocycles. The molecule has 4 nitrogen and oxygen atoms in total. The zero-order valence-electron chi connectivity index (χ0n) is 10.1. The second-order valence-electron chi connectivity index (χ2n) is 4.19. The number of ether oxygens (including phenoxy) is 1. The van der Waals surface area contributed by atoms with E-state index in [1.165, 1.54) is 0 Å². The molecule has 1 atom stereocenters. The highest BCUT2D eigenvalue weighted by Gasteiger charge is 2.08. The summed E-state index contributed by atoms with van der Waals surface area (Å²) in [6.45, 7) is 3.68. The third kappa shape index (κ3) is 3.52. The van der Waals surface area contributed by atoms with Gasteiger partial charge in [0.25, 0.3) is 0 Å². The van der Waals surface area contributed by atoms with E-state index in [0.29, 0.717) is 0 Å². The van der Waals surface area contributed by atoms with Crippen molar-refractivity contribution < 1.29 is 4.74 Å². The topological polar surface area (TPSA) is 52.5 Å². The van der Waals surface area contributed by atoms with Crippen LogP contribution in [0.3, 0.4) is 0 Å². The standard InChI is InChI=1S/C12H19N3OS/c1-2-5-16-6-3-10(13)8-11-9-15-4-7-17-12(15)14-11/h4,7,9-10H,2-3,5-6,8,13H2,1H3. The first-order valence-electron chi connectivity index (χ1n) is 6.04. The number of nitrogens with zero attached hydrogens (tertiary/aromatic N) is 2. The molecule has 2 heterocycles. The number of fused-ring (bicyclic) bond motifs is 1. The van der Waals surface area contributed by atoms with Crippen LogP contribution in [0, 0.1) is 0 Å². The van der Waals surface area contributed by atoms with Gasteiger partial charge in [0.2, 0.25) is 0 Å². The van der Waals surface area contributed by atoms with Crippen LogP contribution >= 0.6 is 11.3 Å². The Morgan fingerprint density at radius 2 is 2.41 bits per heavy atom. The van der Waals surface area contributed by atoms with E-state index < -0.39 is 0 Å². The molecule has 0 radical (unpaired) electrons. The Kier molecular flexibility index (Phi) is 4.53. The highest BCUT2D eigenvalue weighted by Crippen LogP contribution is 2.12. The molecule has 2 rings (SSSR count).